The molecule has 5 rings (SSSR count). The largest absolute Gasteiger partial charge is 0.507 e. The number of aromatic hydroxyl groups is 1. The molecule has 0 bridgehead atoms. The zero-order valence-corrected chi connectivity index (χ0v) is 32.4. The summed E-state index contributed by atoms with van der Waals surface area (Å²) in [4.78, 5) is 42.2. The summed E-state index contributed by atoms with van der Waals surface area (Å²) in [7, 11) is 0. The molecular formula is C40H53N3O6S2. The average Bonchev–Trinajstić information content (AvgIpc) is 3.57. The van der Waals surface area contributed by atoms with Gasteiger partial charge in [-0.15, -0.1) is 23.1 Å². The first kappa shape index (κ1) is 38.7. The Bertz CT molecular complexity index is 1680. The quantitative estimate of drug-likeness (QED) is 0.0571. The number of allylic oxidation sites excluding steroid dienone is 3. The number of fused-ring (bicyclic) bond motifs is 1. The van der Waals surface area contributed by atoms with Crippen LogP contribution in [0.1, 0.15) is 95.6 Å². The van der Waals surface area contributed by atoms with Gasteiger partial charge in [0.05, 0.1) is 6.42 Å². The fraction of sp³-hybridized carbons (Fsp3) is 0.525. The van der Waals surface area contributed by atoms with Crippen molar-refractivity contribution in [2.45, 2.75) is 109 Å². The third-order valence-electron chi connectivity index (χ3n) is 9.50. The number of unbranched alkanes of at least 4 members (excludes halogenated alkanes) is 2. The summed E-state index contributed by atoms with van der Waals surface area (Å²) < 4.78 is 12.2. The Balaban J connectivity index is 1.34. The van der Waals surface area contributed by atoms with E-state index in [0.29, 0.717) is 11.5 Å². The molecule has 1 saturated heterocycles. The van der Waals surface area contributed by atoms with Crippen LogP contribution in [0.5, 0.6) is 11.5 Å². The molecule has 2 aliphatic heterocycles. The van der Waals surface area contributed by atoms with Crippen molar-refractivity contribution in [3.05, 3.63) is 80.7 Å². The van der Waals surface area contributed by atoms with E-state index in [0.717, 1.165) is 65.7 Å². The number of β-lactam (4-membered cyclic amide) rings is 1. The number of carbonyl (C=O) groups excluding carboxylic acids is 3. The van der Waals surface area contributed by atoms with Gasteiger partial charge in [-0.2, -0.15) is 0 Å². The molecule has 0 spiro atoms. The summed E-state index contributed by atoms with van der Waals surface area (Å²) in [6.45, 7) is 16.4. The number of aryl methyl sites for hydroxylation is 1. The highest BCUT2D eigenvalue weighted by Gasteiger charge is 2.54. The molecule has 4 atom stereocenters. The maximum absolute atomic E-state index is 13.6. The highest BCUT2D eigenvalue weighted by molar-refractivity contribution is 8.00. The molecule has 2 aromatic rings. The summed E-state index contributed by atoms with van der Waals surface area (Å²) in [5.41, 5.74) is 4.34. The number of hydrogen-bond donors (Lipinski definition) is 3. The molecular weight excluding hydrogens is 683 g/mol. The smallest absolute Gasteiger partial charge is 0.355 e. The predicted molar refractivity (Wildman–Crippen MR) is 205 cm³/mol. The molecule has 3 heterocycles. The van der Waals surface area contributed by atoms with E-state index in [1.165, 1.54) is 33.6 Å². The topological polar surface area (TPSA) is 117 Å². The number of thioether (sulfide) groups is 1. The van der Waals surface area contributed by atoms with Gasteiger partial charge in [-0.3, -0.25) is 19.8 Å². The van der Waals surface area contributed by atoms with Gasteiger partial charge >= 0.3 is 5.97 Å². The number of nitrogens with one attached hydrogen (secondary N) is 2. The molecule has 276 valence electrons. The number of benzene rings is 1. The van der Waals surface area contributed by atoms with Crippen LogP contribution in [0.2, 0.25) is 0 Å². The lowest BCUT2D eigenvalue weighted by Crippen LogP contribution is -2.71. The SMILES string of the molecule is C=C(C)[C@@H]1CCC(C)=C[C@H]1c1c(O)cc(CCCCC)cc1OCNCC1=C(C(=O)OC(C)(C)C)N2C(=O)[C@@H](NC(=O)Cc3cccs3)C2SC1. The normalized spacial score (nSPS) is 21.8. The predicted octanol–water partition coefficient (Wildman–Crippen LogP) is 7.37. The van der Waals surface area contributed by atoms with Gasteiger partial charge in [-0.25, -0.2) is 4.79 Å². The van der Waals surface area contributed by atoms with E-state index in [-0.39, 0.29) is 54.8 Å². The number of phenolic OH excluding ortho intramolecular Hbond substituents is 1. The minimum Gasteiger partial charge on any atom is -0.507 e. The number of nitrogens with zero attached hydrogens (tertiary/aromatic N) is 1. The molecule has 1 aliphatic carbocycles. The van der Waals surface area contributed by atoms with Gasteiger partial charge in [0.2, 0.25) is 5.91 Å². The fourth-order valence-corrected chi connectivity index (χ4v) is 9.06. The lowest BCUT2D eigenvalue weighted by molar-refractivity contribution is -0.159. The minimum atomic E-state index is -0.762. The lowest BCUT2D eigenvalue weighted by Gasteiger charge is -2.50. The summed E-state index contributed by atoms with van der Waals surface area (Å²) >= 11 is 3.01. The highest BCUT2D eigenvalue weighted by atomic mass is 32.2. The standard InChI is InChI=1S/C40H53N3O6S2/c1-8-9-10-12-26-18-31(44)34(30-17-25(4)14-15-29(30)24(2)3)32(19-26)48-23-41-21-27-22-51-38-35(42-33(45)20-28-13-11-16-50-28)37(46)43(38)36(27)39(47)49-40(5,6)7/h11,13,16-19,29-30,35,38,41,44H,2,8-10,12,14-15,20-23H2,1,3-7H3,(H,42,45)/t29-,30+,35+,38?/m0/s1. The molecule has 1 fully saturated rings. The van der Waals surface area contributed by atoms with Gasteiger partial charge < -0.3 is 19.9 Å². The first-order valence-corrected chi connectivity index (χ1v) is 19.9. The Labute approximate surface area is 310 Å². The van der Waals surface area contributed by atoms with Crippen LogP contribution >= 0.6 is 23.1 Å². The van der Waals surface area contributed by atoms with Crippen LogP contribution in [-0.4, -0.2) is 63.8 Å². The number of esters is 1. The van der Waals surface area contributed by atoms with Gasteiger partial charge in [-0.1, -0.05) is 49.6 Å². The maximum atomic E-state index is 13.6. The first-order valence-electron chi connectivity index (χ1n) is 18.0. The second kappa shape index (κ2) is 16.9. The summed E-state index contributed by atoms with van der Waals surface area (Å²) in [6.07, 6.45) is 8.50. The number of hydrogen-bond acceptors (Lipinski definition) is 9. The Morgan fingerprint density at radius 2 is 1.98 bits per heavy atom. The van der Waals surface area contributed by atoms with Crippen LogP contribution in [0.25, 0.3) is 0 Å². The maximum Gasteiger partial charge on any atom is 0.355 e. The zero-order valence-electron chi connectivity index (χ0n) is 30.8. The Kier molecular flexibility index (Phi) is 12.8. The molecule has 2 amide bonds. The Morgan fingerprint density at radius 3 is 2.67 bits per heavy atom. The van der Waals surface area contributed by atoms with Crippen molar-refractivity contribution >= 4 is 40.9 Å². The van der Waals surface area contributed by atoms with Crippen molar-refractivity contribution in [1.82, 2.24) is 15.5 Å². The molecule has 1 unspecified atom stereocenters. The van der Waals surface area contributed by atoms with Crippen LogP contribution in [0, 0.1) is 5.92 Å². The van der Waals surface area contributed by atoms with E-state index in [1.807, 2.05) is 23.6 Å². The van der Waals surface area contributed by atoms with Crippen molar-refractivity contribution < 1.29 is 29.0 Å². The van der Waals surface area contributed by atoms with Crippen LogP contribution in [-0.2, 0) is 32.0 Å². The molecule has 3 aliphatic rings. The number of carbonyl (C=O) groups is 3. The third kappa shape index (κ3) is 9.47. The van der Waals surface area contributed by atoms with E-state index >= 15 is 0 Å². The van der Waals surface area contributed by atoms with E-state index in [9.17, 15) is 19.5 Å². The van der Waals surface area contributed by atoms with Gasteiger partial charge in [0.15, 0.2) is 0 Å². The average molecular weight is 736 g/mol. The van der Waals surface area contributed by atoms with Crippen molar-refractivity contribution in [3.8, 4) is 11.5 Å². The van der Waals surface area contributed by atoms with Gasteiger partial charge in [-0.05, 0) is 101 Å². The molecule has 1 aromatic heterocycles. The van der Waals surface area contributed by atoms with Gasteiger partial charge in [0.1, 0.15) is 40.9 Å². The van der Waals surface area contributed by atoms with Crippen molar-refractivity contribution in [2.24, 2.45) is 5.92 Å². The summed E-state index contributed by atoms with van der Waals surface area (Å²) in [6, 6.07) is 7.00. The van der Waals surface area contributed by atoms with E-state index in [4.69, 9.17) is 9.47 Å². The Hall–Kier alpha value is -3.54. The van der Waals surface area contributed by atoms with E-state index in [1.54, 1.807) is 20.8 Å². The lowest BCUT2D eigenvalue weighted by atomic mass is 9.73. The molecule has 51 heavy (non-hydrogen) atoms. The van der Waals surface area contributed by atoms with E-state index in [2.05, 4.69) is 50.1 Å². The number of thiophene rings is 1. The molecule has 1 aromatic carbocycles. The monoisotopic (exact) mass is 735 g/mol. The Morgan fingerprint density at radius 1 is 1.20 bits per heavy atom. The highest BCUT2D eigenvalue weighted by Crippen LogP contribution is 2.47. The minimum absolute atomic E-state index is 0.0553. The second-order valence-corrected chi connectivity index (χ2v) is 17.0. The number of ether oxygens (including phenoxy) is 2. The van der Waals surface area contributed by atoms with Crippen molar-refractivity contribution in [2.75, 3.05) is 19.0 Å². The summed E-state index contributed by atoms with van der Waals surface area (Å²) in [5.74, 6) is 0.348. The third-order valence-corrected chi connectivity index (χ3v) is 11.7. The molecule has 0 saturated carbocycles. The summed E-state index contributed by atoms with van der Waals surface area (Å²) in [5, 5.41) is 19.2. The van der Waals surface area contributed by atoms with Crippen molar-refractivity contribution in [1.29, 1.82) is 0 Å². The molecule has 0 radical (unpaired) electrons. The van der Waals surface area contributed by atoms with Crippen LogP contribution in [0.15, 0.2) is 64.7 Å². The fourth-order valence-electron chi connectivity index (χ4n) is 7.01. The molecule has 11 heteroatoms. The van der Waals surface area contributed by atoms with Crippen LogP contribution in [0.4, 0.5) is 0 Å². The molecule has 9 nitrogen and oxygen atoms in total. The van der Waals surface area contributed by atoms with Gasteiger partial charge in [0.25, 0.3) is 5.91 Å². The molecule has 3 N–H and O–H groups in total. The number of phenols is 1. The number of rotatable bonds is 15. The second-order valence-electron chi connectivity index (χ2n) is 14.9. The first-order chi connectivity index (χ1) is 24.3. The van der Waals surface area contributed by atoms with Crippen LogP contribution in [0.3, 0.4) is 0 Å². The van der Waals surface area contributed by atoms with E-state index < -0.39 is 23.0 Å². The van der Waals surface area contributed by atoms with Gasteiger partial charge in [0, 0.05) is 28.7 Å². The van der Waals surface area contributed by atoms with Crippen molar-refractivity contribution in [3.63, 3.8) is 0 Å². The number of amides is 2. The zero-order chi connectivity index (χ0) is 36.9. The van der Waals surface area contributed by atoms with Crippen LogP contribution < -0.4 is 15.4 Å².